The average Bonchev–Trinajstić information content (AvgIpc) is 3.21. The minimum Gasteiger partial charge on any atom is -0.467 e. The minimum absolute atomic E-state index is 0.103. The highest BCUT2D eigenvalue weighted by Crippen LogP contribution is 2.45. The zero-order valence-corrected chi connectivity index (χ0v) is 17.8. The Balaban J connectivity index is 1.77. The van der Waals surface area contributed by atoms with Gasteiger partial charge in [0.15, 0.2) is 9.84 Å². The maximum atomic E-state index is 13.1. The number of furan rings is 1. The number of hydrogen-bond acceptors (Lipinski definition) is 6. The first kappa shape index (κ1) is 21.4. The number of nitrogens with one attached hydrogen (secondary N) is 2. The number of amides is 3. The molecule has 0 radical (unpaired) electrons. The van der Waals surface area contributed by atoms with Gasteiger partial charge in [0.1, 0.15) is 23.2 Å². The molecule has 0 aliphatic carbocycles. The number of hydrogen-bond donors (Lipinski definition) is 2. The van der Waals surface area contributed by atoms with Crippen molar-refractivity contribution in [3.8, 4) is 0 Å². The summed E-state index contributed by atoms with van der Waals surface area (Å²) in [6.45, 7) is 6.79. The van der Waals surface area contributed by atoms with Crippen LogP contribution in [-0.2, 0) is 30.8 Å². The van der Waals surface area contributed by atoms with E-state index in [1.807, 2.05) is 13.8 Å². The Morgan fingerprint density at radius 3 is 2.62 bits per heavy atom. The second-order valence-electron chi connectivity index (χ2n) is 8.18. The molecule has 4 unspecified atom stereocenters. The normalized spacial score (nSPS) is 26.2. The van der Waals surface area contributed by atoms with E-state index in [1.165, 1.54) is 20.1 Å². The van der Waals surface area contributed by atoms with Crippen LogP contribution in [0.15, 0.2) is 22.8 Å². The van der Waals surface area contributed by atoms with E-state index in [4.69, 9.17) is 4.42 Å². The molecule has 2 fully saturated rings. The lowest BCUT2D eigenvalue weighted by molar-refractivity contribution is -0.150. The lowest BCUT2D eigenvalue weighted by Gasteiger charge is -2.37. The SMILES string of the molecule is CCC(C)C(NC(=O)C1N2C(=O)CC2S(=O)(=O)C1(C)C)C(=O)NCc1ccco1. The van der Waals surface area contributed by atoms with E-state index in [2.05, 4.69) is 10.6 Å². The first-order valence-corrected chi connectivity index (χ1v) is 11.2. The fraction of sp³-hybridized carbons (Fsp3) is 0.632. The molecule has 9 nitrogen and oxygen atoms in total. The van der Waals surface area contributed by atoms with Crippen LogP contribution in [0, 0.1) is 5.92 Å². The summed E-state index contributed by atoms with van der Waals surface area (Å²) in [5.41, 5.74) is 0. The molecule has 3 amide bonds. The van der Waals surface area contributed by atoms with Crippen LogP contribution in [0.1, 0.15) is 46.3 Å². The van der Waals surface area contributed by atoms with Gasteiger partial charge in [-0.25, -0.2) is 8.42 Å². The van der Waals surface area contributed by atoms with Crippen molar-refractivity contribution in [2.75, 3.05) is 0 Å². The second kappa shape index (κ2) is 7.47. The molecule has 4 atom stereocenters. The molecule has 2 N–H and O–H groups in total. The van der Waals surface area contributed by atoms with Crippen molar-refractivity contribution in [2.24, 2.45) is 5.92 Å². The zero-order valence-electron chi connectivity index (χ0n) is 17.0. The van der Waals surface area contributed by atoms with E-state index in [9.17, 15) is 22.8 Å². The Hall–Kier alpha value is -2.36. The summed E-state index contributed by atoms with van der Waals surface area (Å²) in [5, 5.41) is 4.47. The first-order chi connectivity index (χ1) is 13.5. The number of sulfone groups is 1. The van der Waals surface area contributed by atoms with E-state index in [0.29, 0.717) is 12.2 Å². The van der Waals surface area contributed by atoms with E-state index >= 15 is 0 Å². The second-order valence-corrected chi connectivity index (χ2v) is 10.9. The number of carbonyl (C=O) groups is 3. The summed E-state index contributed by atoms with van der Waals surface area (Å²) in [6.07, 6.45) is 2.02. The van der Waals surface area contributed by atoms with E-state index in [0.717, 1.165) is 4.90 Å². The standard InChI is InChI=1S/C19H27N3O6S/c1-5-11(2)15(17(24)20-10-12-7-6-8-28-12)21-18(25)16-19(3,4)29(26,27)14-9-13(23)22(14)16/h6-8,11,14-16H,5,9-10H2,1-4H3,(H,20,24)(H,21,25). The molecule has 160 valence electrons. The van der Waals surface area contributed by atoms with E-state index < -0.39 is 43.9 Å². The quantitative estimate of drug-likeness (QED) is 0.615. The Morgan fingerprint density at radius 1 is 1.38 bits per heavy atom. The Labute approximate surface area is 170 Å². The molecule has 1 aromatic heterocycles. The van der Waals surface area contributed by atoms with E-state index in [1.54, 1.807) is 12.1 Å². The number of fused-ring (bicyclic) bond motifs is 1. The molecule has 3 heterocycles. The van der Waals surface area contributed by atoms with Gasteiger partial charge in [-0.1, -0.05) is 20.3 Å². The van der Waals surface area contributed by atoms with Crippen LogP contribution in [-0.4, -0.2) is 53.2 Å². The van der Waals surface area contributed by atoms with E-state index in [-0.39, 0.29) is 24.8 Å². The van der Waals surface area contributed by atoms with Crippen LogP contribution in [0.3, 0.4) is 0 Å². The Bertz CT molecular complexity index is 908. The van der Waals surface area contributed by atoms with Crippen molar-refractivity contribution in [3.63, 3.8) is 0 Å². The van der Waals surface area contributed by atoms with Crippen LogP contribution in [0.5, 0.6) is 0 Å². The molecule has 10 heteroatoms. The molecule has 0 spiro atoms. The molecule has 3 rings (SSSR count). The summed E-state index contributed by atoms with van der Waals surface area (Å²) >= 11 is 0. The topological polar surface area (TPSA) is 126 Å². The van der Waals surface area contributed by atoms with Crippen LogP contribution >= 0.6 is 0 Å². The third kappa shape index (κ3) is 3.43. The molecule has 0 aromatic carbocycles. The van der Waals surface area contributed by atoms with Gasteiger partial charge < -0.3 is 20.0 Å². The van der Waals surface area contributed by atoms with Gasteiger partial charge in [0.05, 0.1) is 24.0 Å². The molecular formula is C19H27N3O6S. The summed E-state index contributed by atoms with van der Waals surface area (Å²) in [7, 11) is -3.68. The molecular weight excluding hydrogens is 398 g/mol. The van der Waals surface area contributed by atoms with Gasteiger partial charge in [-0.2, -0.15) is 0 Å². The minimum atomic E-state index is -3.68. The van der Waals surface area contributed by atoms with Crippen LogP contribution in [0.4, 0.5) is 0 Å². The smallest absolute Gasteiger partial charge is 0.245 e. The number of rotatable bonds is 7. The predicted molar refractivity (Wildman–Crippen MR) is 104 cm³/mol. The van der Waals surface area contributed by atoms with Gasteiger partial charge in [-0.3, -0.25) is 14.4 Å². The highest BCUT2D eigenvalue weighted by molar-refractivity contribution is 7.93. The maximum absolute atomic E-state index is 13.1. The molecule has 2 aliphatic heterocycles. The van der Waals surface area contributed by atoms with Gasteiger partial charge >= 0.3 is 0 Å². The summed E-state index contributed by atoms with van der Waals surface area (Å²) < 4.78 is 29.2. The lowest BCUT2D eigenvalue weighted by atomic mass is 9.94. The van der Waals surface area contributed by atoms with Gasteiger partial charge in [-0.15, -0.1) is 0 Å². The predicted octanol–water partition coefficient (Wildman–Crippen LogP) is 0.561. The summed E-state index contributed by atoms with van der Waals surface area (Å²) in [5.74, 6) is -1.02. The molecule has 1 aromatic rings. The van der Waals surface area contributed by atoms with Crippen LogP contribution < -0.4 is 10.6 Å². The van der Waals surface area contributed by atoms with Crippen molar-refractivity contribution >= 4 is 27.6 Å². The number of carbonyl (C=O) groups excluding carboxylic acids is 3. The zero-order chi connectivity index (χ0) is 21.6. The van der Waals surface area contributed by atoms with Crippen molar-refractivity contribution < 1.29 is 27.2 Å². The summed E-state index contributed by atoms with van der Waals surface area (Å²) in [4.78, 5) is 39.0. The van der Waals surface area contributed by atoms with Crippen LogP contribution in [0.2, 0.25) is 0 Å². The fourth-order valence-electron chi connectivity index (χ4n) is 3.89. The number of β-lactam (4-membered cyclic amide) rings is 1. The Kier molecular flexibility index (Phi) is 5.50. The molecule has 0 saturated carbocycles. The largest absolute Gasteiger partial charge is 0.467 e. The van der Waals surface area contributed by atoms with Crippen molar-refractivity contribution in [3.05, 3.63) is 24.2 Å². The highest BCUT2D eigenvalue weighted by atomic mass is 32.2. The average molecular weight is 426 g/mol. The van der Waals surface area contributed by atoms with Crippen molar-refractivity contribution in [2.45, 2.75) is 69.3 Å². The summed E-state index contributed by atoms with van der Waals surface area (Å²) in [6, 6.07) is 1.40. The third-order valence-electron chi connectivity index (χ3n) is 6.03. The van der Waals surface area contributed by atoms with Crippen molar-refractivity contribution in [1.82, 2.24) is 15.5 Å². The van der Waals surface area contributed by atoms with Gasteiger partial charge in [0.25, 0.3) is 0 Å². The highest BCUT2D eigenvalue weighted by Gasteiger charge is 2.67. The lowest BCUT2D eigenvalue weighted by Crippen LogP contribution is -2.62. The fourth-order valence-corrected chi connectivity index (χ4v) is 6.02. The molecule has 2 aliphatic rings. The number of nitrogens with zero attached hydrogens (tertiary/aromatic N) is 1. The Morgan fingerprint density at radius 2 is 2.07 bits per heavy atom. The third-order valence-corrected chi connectivity index (χ3v) is 8.83. The van der Waals surface area contributed by atoms with Crippen LogP contribution in [0.25, 0.3) is 0 Å². The van der Waals surface area contributed by atoms with Gasteiger partial charge in [-0.05, 0) is 31.9 Å². The van der Waals surface area contributed by atoms with Crippen molar-refractivity contribution in [1.29, 1.82) is 0 Å². The monoisotopic (exact) mass is 425 g/mol. The molecule has 2 saturated heterocycles. The first-order valence-electron chi connectivity index (χ1n) is 9.67. The maximum Gasteiger partial charge on any atom is 0.245 e. The molecule has 0 bridgehead atoms. The molecule has 29 heavy (non-hydrogen) atoms. The van der Waals surface area contributed by atoms with Gasteiger partial charge in [0.2, 0.25) is 17.7 Å². The van der Waals surface area contributed by atoms with Gasteiger partial charge in [0, 0.05) is 0 Å².